The second kappa shape index (κ2) is 12.2. The van der Waals surface area contributed by atoms with Crippen LogP contribution in [0.2, 0.25) is 0 Å². The molecule has 226 valence electrons. The maximum absolute atomic E-state index is 11.0. The van der Waals surface area contributed by atoms with Crippen LogP contribution in [0.3, 0.4) is 0 Å². The minimum absolute atomic E-state index is 0.0304. The molecule has 0 atom stereocenters. The second-order valence-corrected chi connectivity index (χ2v) is 10.2. The summed E-state index contributed by atoms with van der Waals surface area (Å²) >= 11 is 0. The Kier molecular flexibility index (Phi) is 7.77. The Labute approximate surface area is 263 Å². The molecular weight excluding hydrogens is 582 g/mol. The maximum Gasteiger partial charge on any atom is 0.200 e. The molecule has 4 N–H and O–H groups in total. The molecular formula is C36H27N5O5. The number of phenolic OH excluding ortho intramolecular Hbond substituents is 2. The van der Waals surface area contributed by atoms with Crippen LogP contribution in [-0.4, -0.2) is 46.5 Å². The van der Waals surface area contributed by atoms with E-state index in [1.807, 2.05) is 18.2 Å². The average Bonchev–Trinajstić information content (AvgIpc) is 3.70. The van der Waals surface area contributed by atoms with Crippen LogP contribution in [0.1, 0.15) is 22.3 Å². The molecule has 10 nitrogen and oxygen atoms in total. The largest absolute Gasteiger partial charge is 0.508 e. The van der Waals surface area contributed by atoms with E-state index in [0.29, 0.717) is 55.4 Å². The lowest BCUT2D eigenvalue weighted by Crippen LogP contribution is -2.01. The number of allylic oxidation sites excluding steroid dienone is 4. The van der Waals surface area contributed by atoms with E-state index >= 15 is 0 Å². The highest BCUT2D eigenvalue weighted by Crippen LogP contribution is 2.48. The van der Waals surface area contributed by atoms with Crippen molar-refractivity contribution in [3.05, 3.63) is 108 Å². The van der Waals surface area contributed by atoms with Crippen molar-refractivity contribution < 1.29 is 24.4 Å². The molecule has 0 bridgehead atoms. The van der Waals surface area contributed by atoms with Crippen molar-refractivity contribution in [3.8, 4) is 40.9 Å². The number of aromatic nitrogens is 3. The van der Waals surface area contributed by atoms with Gasteiger partial charge in [0.05, 0.1) is 32.5 Å². The van der Waals surface area contributed by atoms with Gasteiger partial charge in [-0.3, -0.25) is 4.98 Å². The molecule has 0 aliphatic heterocycles. The van der Waals surface area contributed by atoms with Crippen LogP contribution in [-0.2, 0) is 0 Å². The number of fused-ring (bicyclic) bond motifs is 2. The first-order chi connectivity index (χ1) is 22.4. The highest BCUT2D eigenvalue weighted by atomic mass is 16.5. The van der Waals surface area contributed by atoms with Gasteiger partial charge in [-0.1, -0.05) is 6.07 Å². The zero-order valence-corrected chi connectivity index (χ0v) is 25.0. The Morgan fingerprint density at radius 2 is 1.30 bits per heavy atom. The van der Waals surface area contributed by atoms with E-state index in [0.717, 1.165) is 5.52 Å². The molecule has 46 heavy (non-hydrogen) atoms. The molecule has 0 aliphatic carbocycles. The quantitative estimate of drug-likeness (QED) is 0.105. The van der Waals surface area contributed by atoms with Crippen molar-refractivity contribution in [1.82, 2.24) is 15.0 Å². The molecule has 0 amide bonds. The monoisotopic (exact) mass is 609 g/mol. The summed E-state index contributed by atoms with van der Waals surface area (Å²) in [6, 6.07) is 21.9. The molecule has 0 saturated carbocycles. The Balaban J connectivity index is 1.84. The summed E-state index contributed by atoms with van der Waals surface area (Å²) in [5.74, 6) is 0.613. The van der Waals surface area contributed by atoms with Crippen molar-refractivity contribution >= 4 is 44.1 Å². The van der Waals surface area contributed by atoms with Crippen LogP contribution < -0.4 is 14.2 Å². The summed E-state index contributed by atoms with van der Waals surface area (Å²) in [5.41, 5.74) is 4.63. The lowest BCUT2D eigenvalue weighted by Gasteiger charge is -2.20. The lowest BCUT2D eigenvalue weighted by molar-refractivity contribution is 0.339. The van der Waals surface area contributed by atoms with Crippen LogP contribution in [0, 0.1) is 22.7 Å². The summed E-state index contributed by atoms with van der Waals surface area (Å²) < 4.78 is 16.5. The minimum atomic E-state index is -0.219. The topological polar surface area (TPSA) is 160 Å². The normalized spacial score (nSPS) is 12.2. The van der Waals surface area contributed by atoms with Gasteiger partial charge in [0.15, 0.2) is 11.5 Å². The van der Waals surface area contributed by atoms with Crippen molar-refractivity contribution in [2.45, 2.75) is 0 Å². The summed E-state index contributed by atoms with van der Waals surface area (Å²) in [7, 11) is 4.39. The maximum atomic E-state index is 11.0. The van der Waals surface area contributed by atoms with Crippen LogP contribution in [0.25, 0.3) is 44.1 Å². The number of nitrogens with one attached hydrogen (secondary N) is 2. The van der Waals surface area contributed by atoms with Crippen LogP contribution in [0.4, 0.5) is 0 Å². The number of ether oxygens (including phenoxy) is 3. The fourth-order valence-electron chi connectivity index (χ4n) is 5.63. The fraction of sp³-hybridized carbons (Fsp3) is 0.0833. The highest BCUT2D eigenvalue weighted by Gasteiger charge is 2.27. The van der Waals surface area contributed by atoms with E-state index in [9.17, 15) is 20.7 Å². The molecule has 3 aromatic carbocycles. The van der Waals surface area contributed by atoms with Gasteiger partial charge in [-0.15, -0.1) is 0 Å². The average molecular weight is 610 g/mol. The Morgan fingerprint density at radius 3 is 1.85 bits per heavy atom. The predicted molar refractivity (Wildman–Crippen MR) is 175 cm³/mol. The minimum Gasteiger partial charge on any atom is -0.508 e. The number of aromatic amines is 2. The van der Waals surface area contributed by atoms with Gasteiger partial charge < -0.3 is 34.4 Å². The number of methoxy groups -OCH3 is 3. The van der Waals surface area contributed by atoms with Gasteiger partial charge in [-0.05, 0) is 60.2 Å². The number of nitrogens with zero attached hydrogens (tertiary/aromatic N) is 3. The van der Waals surface area contributed by atoms with Gasteiger partial charge in [0.2, 0.25) is 5.75 Å². The third-order valence-electron chi connectivity index (χ3n) is 7.79. The number of rotatable bonds is 8. The van der Waals surface area contributed by atoms with Gasteiger partial charge in [0, 0.05) is 74.4 Å². The Bertz CT molecular complexity index is 2240. The van der Waals surface area contributed by atoms with Crippen LogP contribution in [0.5, 0.6) is 28.7 Å². The zero-order valence-electron chi connectivity index (χ0n) is 25.0. The van der Waals surface area contributed by atoms with Crippen molar-refractivity contribution in [1.29, 1.82) is 10.5 Å². The van der Waals surface area contributed by atoms with E-state index in [2.05, 4.69) is 27.1 Å². The molecule has 6 aromatic rings. The molecule has 10 heteroatoms. The van der Waals surface area contributed by atoms with Gasteiger partial charge in [0.25, 0.3) is 0 Å². The number of phenols is 2. The number of pyridine rings is 1. The zero-order chi connectivity index (χ0) is 32.4. The van der Waals surface area contributed by atoms with E-state index in [-0.39, 0.29) is 34.1 Å². The number of hydrogen-bond acceptors (Lipinski definition) is 8. The molecule has 0 fully saturated rings. The van der Waals surface area contributed by atoms with E-state index in [1.54, 1.807) is 74.4 Å². The fourth-order valence-corrected chi connectivity index (χ4v) is 5.63. The number of H-pyrrole nitrogens is 2. The first kappa shape index (κ1) is 29.4. The van der Waals surface area contributed by atoms with Crippen molar-refractivity contribution in [3.63, 3.8) is 0 Å². The number of nitriles is 2. The lowest BCUT2D eigenvalue weighted by atomic mass is 9.82. The van der Waals surface area contributed by atoms with E-state index in [1.165, 1.54) is 14.2 Å². The van der Waals surface area contributed by atoms with Gasteiger partial charge in [-0.25, -0.2) is 0 Å². The molecule has 6 rings (SSSR count). The Hall–Kier alpha value is -6.65. The third-order valence-corrected chi connectivity index (χ3v) is 7.79. The summed E-state index contributed by atoms with van der Waals surface area (Å²) in [4.78, 5) is 10.8. The smallest absolute Gasteiger partial charge is 0.200 e. The predicted octanol–water partition coefficient (Wildman–Crippen LogP) is 7.05. The highest BCUT2D eigenvalue weighted by molar-refractivity contribution is 6.27. The first-order valence-corrected chi connectivity index (χ1v) is 14.0. The van der Waals surface area contributed by atoms with Gasteiger partial charge in [0.1, 0.15) is 23.6 Å². The van der Waals surface area contributed by atoms with E-state index in [4.69, 9.17) is 14.2 Å². The second-order valence-electron chi connectivity index (χ2n) is 10.2. The summed E-state index contributed by atoms with van der Waals surface area (Å²) in [5, 5.41) is 44.4. The van der Waals surface area contributed by atoms with Crippen molar-refractivity contribution in [2.24, 2.45) is 0 Å². The molecule has 3 aromatic heterocycles. The molecule has 0 spiro atoms. The van der Waals surface area contributed by atoms with Crippen LogP contribution in [0.15, 0.2) is 85.5 Å². The van der Waals surface area contributed by atoms with Gasteiger partial charge in [-0.2, -0.15) is 10.5 Å². The molecule has 0 aliphatic rings. The van der Waals surface area contributed by atoms with Gasteiger partial charge >= 0.3 is 0 Å². The SMILES string of the molecule is COc1ccc2[nH]cc(/C(C#N)=C(/C(=C(/C#N)c3c[nH]c4ccc(O)cc34)c3cccnc3)c3cc(OC)c(O)c(OC)c3)c2c1. The first-order valence-electron chi connectivity index (χ1n) is 14.0. The summed E-state index contributed by atoms with van der Waals surface area (Å²) in [6.45, 7) is 0. The Morgan fingerprint density at radius 1 is 0.717 bits per heavy atom. The number of benzene rings is 3. The van der Waals surface area contributed by atoms with Crippen LogP contribution >= 0.6 is 0 Å². The number of hydrogen-bond donors (Lipinski definition) is 4. The molecule has 0 radical (unpaired) electrons. The van der Waals surface area contributed by atoms with Crippen molar-refractivity contribution in [2.75, 3.05) is 21.3 Å². The summed E-state index contributed by atoms with van der Waals surface area (Å²) in [6.07, 6.45) is 6.65. The standard InChI is InChI=1S/C36H27N5O5/c1-44-23-7-9-31-25(14-23)29(19-41-31)27(16-38)35(21-11-32(45-2)36(43)33(12-21)46-3)34(20-5-4-10-39-17-20)26(15-37)28-18-40-30-8-6-22(42)13-24(28)30/h4-14,17-19,40-43H,1-3H3/b34-26-,35-27+. The van der Waals surface area contributed by atoms with E-state index < -0.39 is 0 Å². The number of aromatic hydroxyl groups is 2. The molecule has 3 heterocycles. The molecule has 0 unspecified atom stereocenters. The third kappa shape index (κ3) is 5.00. The molecule has 0 saturated heterocycles.